The number of hydrogen-bond acceptors (Lipinski definition) is 8. The summed E-state index contributed by atoms with van der Waals surface area (Å²) in [7, 11) is 0. The van der Waals surface area contributed by atoms with Crippen LogP contribution in [0.1, 0.15) is 36.1 Å². The molecule has 1 fully saturated rings. The Morgan fingerprint density at radius 2 is 2.06 bits per heavy atom. The molecule has 0 unspecified atom stereocenters. The van der Waals surface area contributed by atoms with Crippen LogP contribution in [0.5, 0.6) is 0 Å². The Hall–Kier alpha value is -2.75. The Morgan fingerprint density at radius 3 is 2.81 bits per heavy atom. The molecule has 0 radical (unpaired) electrons. The number of aryl methyl sites for hydroxylation is 2. The summed E-state index contributed by atoms with van der Waals surface area (Å²) >= 11 is 7.11. The number of likely N-dealkylation sites (N-methyl/N-ethyl adjacent to an activating group) is 1. The number of halogens is 1. The molecular weight excluding hydrogens is 434 g/mol. The van der Waals surface area contributed by atoms with E-state index in [-0.39, 0.29) is 26.6 Å². The summed E-state index contributed by atoms with van der Waals surface area (Å²) in [6.45, 7) is -14.4. The minimum Gasteiger partial charge on any atom is -0.354 e. The molecule has 0 aliphatic carbocycles. The molecule has 1 saturated heterocycles. The van der Waals surface area contributed by atoms with E-state index in [2.05, 4.69) is 25.6 Å². The third kappa shape index (κ3) is 5.12. The maximum atomic E-state index is 12.8. The Kier molecular flexibility index (Phi) is 3.48. The number of carbonyl (C=O) groups is 1. The van der Waals surface area contributed by atoms with Crippen LogP contribution in [0.3, 0.4) is 0 Å². The summed E-state index contributed by atoms with van der Waals surface area (Å²) in [6, 6.07) is 6.19. The number of benzene rings is 1. The molecule has 31 heavy (non-hydrogen) atoms. The van der Waals surface area contributed by atoms with E-state index in [1.807, 2.05) is 0 Å². The molecule has 0 saturated carbocycles. The second kappa shape index (κ2) is 9.17. The van der Waals surface area contributed by atoms with E-state index in [0.29, 0.717) is 10.7 Å². The topological polar surface area (TPSA) is 86.3 Å². The third-order valence-electron chi connectivity index (χ3n) is 4.03. The number of carbonyl (C=O) groups excluding carboxylic acids is 1. The lowest BCUT2D eigenvalue weighted by molar-refractivity contribution is 0.103. The number of amides is 1. The summed E-state index contributed by atoms with van der Waals surface area (Å²) in [6.07, 6.45) is 1.29. The molecule has 3 aromatic rings. The van der Waals surface area contributed by atoms with Crippen molar-refractivity contribution in [3.63, 3.8) is 0 Å². The monoisotopic (exact) mass is 468 g/mol. The Labute approximate surface area is 205 Å². The molecule has 2 N–H and O–H groups in total. The summed E-state index contributed by atoms with van der Waals surface area (Å²) in [5, 5.41) is 6.03. The zero-order chi connectivity index (χ0) is 31.6. The molecule has 162 valence electrons. The van der Waals surface area contributed by atoms with Crippen LogP contribution < -0.4 is 15.5 Å². The molecule has 2 aromatic heterocycles. The van der Waals surface area contributed by atoms with Crippen molar-refractivity contribution >= 4 is 51.3 Å². The smallest absolute Gasteiger partial charge is 0.267 e. The molecule has 1 aromatic carbocycles. The zero-order valence-corrected chi connectivity index (χ0v) is 17.9. The summed E-state index contributed by atoms with van der Waals surface area (Å²) < 4.78 is 89.9. The van der Waals surface area contributed by atoms with Gasteiger partial charge in [0.05, 0.1) is 22.4 Å². The van der Waals surface area contributed by atoms with E-state index in [4.69, 9.17) is 26.7 Å². The van der Waals surface area contributed by atoms with Gasteiger partial charge in [-0.2, -0.15) is 0 Å². The van der Waals surface area contributed by atoms with Gasteiger partial charge in [-0.15, -0.1) is 0 Å². The largest absolute Gasteiger partial charge is 0.354 e. The van der Waals surface area contributed by atoms with E-state index in [1.165, 1.54) is 13.1 Å². The minimum absolute atomic E-state index is 0.0373. The molecule has 0 bridgehead atoms. The van der Waals surface area contributed by atoms with Gasteiger partial charge in [-0.05, 0) is 32.5 Å². The zero-order valence-electron chi connectivity index (χ0n) is 27.3. The third-order valence-corrected chi connectivity index (χ3v) is 5.25. The van der Waals surface area contributed by atoms with Gasteiger partial charge in [0.1, 0.15) is 22.3 Å². The Balaban J connectivity index is 1.68. The predicted molar refractivity (Wildman–Crippen MR) is 126 cm³/mol. The lowest BCUT2D eigenvalue weighted by Gasteiger charge is -2.33. The number of hydrogen-bond donors (Lipinski definition) is 2. The highest BCUT2D eigenvalue weighted by Gasteiger charge is 2.18. The molecule has 4 rings (SSSR count). The first-order valence-corrected chi connectivity index (χ1v) is 10.1. The van der Waals surface area contributed by atoms with Crippen LogP contribution in [-0.4, -0.2) is 58.7 Å². The van der Waals surface area contributed by atoms with Gasteiger partial charge in [-0.3, -0.25) is 4.79 Å². The number of piperazine rings is 1. The Morgan fingerprint density at radius 1 is 1.26 bits per heavy atom. The average Bonchev–Trinajstić information content (AvgIpc) is 3.27. The lowest BCUT2D eigenvalue weighted by Crippen LogP contribution is -2.44. The van der Waals surface area contributed by atoms with Crippen molar-refractivity contribution in [3.05, 3.63) is 51.7 Å². The molecule has 1 amide bonds. The van der Waals surface area contributed by atoms with Crippen LogP contribution in [0.2, 0.25) is 5.02 Å². The normalized spacial score (nSPS) is 26.7. The van der Waals surface area contributed by atoms with Crippen LogP contribution in [0, 0.1) is 13.8 Å². The van der Waals surface area contributed by atoms with E-state index < -0.39 is 49.6 Å². The van der Waals surface area contributed by atoms with Crippen molar-refractivity contribution in [2.24, 2.45) is 0 Å². The lowest BCUT2D eigenvalue weighted by atomic mass is 10.2. The van der Waals surface area contributed by atoms with Crippen molar-refractivity contribution in [2.45, 2.75) is 13.8 Å². The average molecular weight is 469 g/mol. The summed E-state index contributed by atoms with van der Waals surface area (Å²) in [4.78, 5) is 25.0. The van der Waals surface area contributed by atoms with Gasteiger partial charge in [0.25, 0.3) is 5.91 Å². The van der Waals surface area contributed by atoms with Gasteiger partial charge in [0.15, 0.2) is 5.13 Å². The van der Waals surface area contributed by atoms with Gasteiger partial charge >= 0.3 is 0 Å². The number of aromatic nitrogens is 3. The standard InChI is InChI=1S/C21H24ClN7OS/c1-13-5-4-6-15(22)19(13)27-20(30)16-12-23-21(31-16)26-17-11-18(25-14(2)24-17)29-9-7-28(3)8-10-29/h4-6,11-12H,7-10H2,1-3H3,(H,27,30)(H,23,24,25,26)/i3D3,7D2,8D2,9D2,10D2. The van der Waals surface area contributed by atoms with Gasteiger partial charge in [-0.25, -0.2) is 15.0 Å². The first-order chi connectivity index (χ1) is 19.1. The molecular formula is C21H24ClN7OS. The predicted octanol–water partition coefficient (Wildman–Crippen LogP) is 3.95. The summed E-state index contributed by atoms with van der Waals surface area (Å²) in [5.41, 5.74) is 1.18. The second-order valence-electron chi connectivity index (χ2n) is 6.32. The molecule has 3 heterocycles. The fourth-order valence-electron chi connectivity index (χ4n) is 2.61. The number of nitrogens with zero attached hydrogens (tertiary/aromatic N) is 5. The number of anilines is 4. The van der Waals surface area contributed by atoms with Gasteiger partial charge in [0.2, 0.25) is 0 Å². The van der Waals surface area contributed by atoms with Crippen LogP contribution in [0.25, 0.3) is 0 Å². The van der Waals surface area contributed by atoms with Crippen LogP contribution in [0.15, 0.2) is 30.5 Å². The van der Waals surface area contributed by atoms with Crippen LogP contribution >= 0.6 is 22.9 Å². The number of thiazole rings is 1. The van der Waals surface area contributed by atoms with Crippen molar-refractivity contribution in [3.8, 4) is 0 Å². The van der Waals surface area contributed by atoms with E-state index in [9.17, 15) is 4.79 Å². The maximum absolute atomic E-state index is 12.8. The Bertz CT molecular complexity index is 1480. The van der Waals surface area contributed by atoms with Crippen molar-refractivity contribution in [2.75, 3.05) is 48.5 Å². The highest BCUT2D eigenvalue weighted by atomic mass is 35.5. The van der Waals surface area contributed by atoms with E-state index in [1.54, 1.807) is 25.1 Å². The number of para-hydroxylation sites is 1. The van der Waals surface area contributed by atoms with Crippen LogP contribution in [-0.2, 0) is 0 Å². The minimum atomic E-state index is -3.56. The number of nitrogens with one attached hydrogen (secondary N) is 2. The van der Waals surface area contributed by atoms with Crippen molar-refractivity contribution < 1.29 is 19.9 Å². The highest BCUT2D eigenvalue weighted by molar-refractivity contribution is 7.17. The van der Waals surface area contributed by atoms with Gasteiger partial charge in [-0.1, -0.05) is 35.1 Å². The number of rotatable bonds is 5. The first-order valence-electron chi connectivity index (χ1n) is 14.4. The van der Waals surface area contributed by atoms with E-state index in [0.717, 1.165) is 23.0 Å². The molecule has 0 atom stereocenters. The quantitative estimate of drug-likeness (QED) is 0.586. The van der Waals surface area contributed by atoms with Gasteiger partial charge in [0, 0.05) is 41.6 Å². The van der Waals surface area contributed by atoms with Crippen LogP contribution in [0.4, 0.5) is 22.5 Å². The van der Waals surface area contributed by atoms with Crippen molar-refractivity contribution in [1.82, 2.24) is 19.9 Å². The second-order valence-corrected chi connectivity index (χ2v) is 7.76. The first kappa shape index (κ1) is 11.8. The molecule has 1 aliphatic heterocycles. The molecule has 1 aliphatic rings. The molecule has 8 nitrogen and oxygen atoms in total. The highest BCUT2D eigenvalue weighted by Crippen LogP contribution is 2.28. The SMILES string of the molecule is [2H]C([2H])([2H])N1C([2H])([2H])C([2H])([2H])N(c2cc(Nc3ncc(C(=O)Nc4c(C)cccc4Cl)s3)nc(C)n2)C([2H])([2H])C1([2H])[2H]. The fourth-order valence-corrected chi connectivity index (χ4v) is 3.60. The van der Waals surface area contributed by atoms with Crippen molar-refractivity contribution in [1.29, 1.82) is 0 Å². The van der Waals surface area contributed by atoms with Gasteiger partial charge < -0.3 is 20.4 Å². The molecule has 0 spiro atoms. The fraction of sp³-hybridized carbons (Fsp3) is 0.333. The molecule has 10 heteroatoms. The maximum Gasteiger partial charge on any atom is 0.267 e. The van der Waals surface area contributed by atoms with E-state index >= 15 is 0 Å². The summed E-state index contributed by atoms with van der Waals surface area (Å²) in [5.74, 6) is -1.16.